The van der Waals surface area contributed by atoms with Crippen molar-refractivity contribution in [2.45, 2.75) is 87.1 Å². The van der Waals surface area contributed by atoms with Crippen LogP contribution in [0.4, 0.5) is 0 Å². The second kappa shape index (κ2) is 7.37. The number of aromatic nitrogens is 1. The lowest BCUT2D eigenvalue weighted by molar-refractivity contribution is -0.236. The van der Waals surface area contributed by atoms with E-state index in [1.807, 2.05) is 18.2 Å². The second-order valence-electron chi connectivity index (χ2n) is 12.4. The van der Waals surface area contributed by atoms with Crippen molar-refractivity contribution in [3.05, 3.63) is 52.3 Å². The predicted octanol–water partition coefficient (Wildman–Crippen LogP) is 3.94. The van der Waals surface area contributed by atoms with Crippen LogP contribution in [0.2, 0.25) is 5.02 Å². The van der Waals surface area contributed by atoms with Crippen LogP contribution in [0.3, 0.4) is 0 Å². The zero-order chi connectivity index (χ0) is 24.3. The minimum atomic E-state index is -0.819. The smallest absolute Gasteiger partial charge is 0.165 e. The Bertz CT molecular complexity index is 1240. The van der Waals surface area contributed by atoms with Crippen LogP contribution in [0.1, 0.15) is 61.8 Å². The largest absolute Gasteiger partial charge is 0.504 e. The number of piperidine rings is 1. The van der Waals surface area contributed by atoms with E-state index in [1.165, 1.54) is 18.4 Å². The van der Waals surface area contributed by atoms with Crippen molar-refractivity contribution >= 4 is 11.6 Å². The lowest BCUT2D eigenvalue weighted by Gasteiger charge is -2.69. The molecule has 3 N–H and O–H groups in total. The minimum absolute atomic E-state index is 0.0536. The van der Waals surface area contributed by atoms with Crippen LogP contribution in [-0.2, 0) is 18.4 Å². The van der Waals surface area contributed by atoms with E-state index in [2.05, 4.69) is 21.3 Å². The summed E-state index contributed by atoms with van der Waals surface area (Å²) >= 11 is 6.04. The number of hydrogen-bond donors (Lipinski definition) is 3. The van der Waals surface area contributed by atoms with Gasteiger partial charge in [0.05, 0.1) is 21.7 Å². The van der Waals surface area contributed by atoms with E-state index in [0.29, 0.717) is 23.4 Å². The van der Waals surface area contributed by atoms with Crippen LogP contribution in [0.15, 0.2) is 30.5 Å². The number of likely N-dealkylation sites (tertiary alicyclic amines) is 1. The fourth-order valence-corrected chi connectivity index (χ4v) is 9.07. The SMILES string of the molecule is Oc1ccc2c3c1O[C@H]1[C@@]4(CC[C@@H]4NCc4ccc(Cl)cn4)CC[C@@]4(O)[C@@H](C2)N(CC2CC2)CC[C@]314. The molecule has 6 nitrogen and oxygen atoms in total. The van der Waals surface area contributed by atoms with Gasteiger partial charge in [0, 0.05) is 42.3 Å². The Labute approximate surface area is 217 Å². The molecule has 1 saturated heterocycles. The van der Waals surface area contributed by atoms with Crippen molar-refractivity contribution in [3.8, 4) is 11.5 Å². The summed E-state index contributed by atoms with van der Waals surface area (Å²) in [6, 6.07) is 8.20. The number of fused-ring (bicyclic) bond motifs is 1. The lowest BCUT2D eigenvalue weighted by atomic mass is 9.40. The summed E-state index contributed by atoms with van der Waals surface area (Å²) in [6.07, 6.45) is 9.89. The van der Waals surface area contributed by atoms with Crippen LogP contribution in [0, 0.1) is 11.3 Å². The summed E-state index contributed by atoms with van der Waals surface area (Å²) in [5.74, 6) is 1.67. The van der Waals surface area contributed by atoms with Gasteiger partial charge in [-0.3, -0.25) is 9.88 Å². The van der Waals surface area contributed by atoms with E-state index in [-0.39, 0.29) is 23.3 Å². The average Bonchev–Trinajstić information content (AvgIpc) is 3.60. The molecule has 4 aliphatic carbocycles. The van der Waals surface area contributed by atoms with E-state index < -0.39 is 11.0 Å². The molecule has 0 radical (unpaired) electrons. The van der Waals surface area contributed by atoms with Crippen LogP contribution in [-0.4, -0.2) is 57.0 Å². The number of phenols is 1. The molecule has 3 saturated carbocycles. The molecule has 3 heterocycles. The molecule has 36 heavy (non-hydrogen) atoms. The molecule has 6 aliphatic rings. The lowest BCUT2D eigenvalue weighted by Crippen LogP contribution is -2.80. The van der Waals surface area contributed by atoms with Gasteiger partial charge < -0.3 is 20.3 Å². The standard InChI is InChI=1S/C29H34ClN3O3/c30-19-4-5-20(31-14-19)15-32-22-7-8-27(22)9-10-29(35)23-13-18-3-6-21(34)25-24(18)28(29,26(27)36-25)11-12-33(23)16-17-1-2-17/h3-6,14,17,22-23,26,32,34-35H,1-2,7-13,15-16H2/t22-,23+,26-,27-,28-,29+/m0/s1. The Morgan fingerprint density at radius 2 is 2.00 bits per heavy atom. The molecule has 2 bridgehead atoms. The van der Waals surface area contributed by atoms with Crippen LogP contribution >= 0.6 is 11.6 Å². The molecule has 8 rings (SSSR count). The third-order valence-corrected chi connectivity index (χ3v) is 11.1. The summed E-state index contributed by atoms with van der Waals surface area (Å²) in [5.41, 5.74) is 2.06. The highest BCUT2D eigenvalue weighted by molar-refractivity contribution is 6.30. The van der Waals surface area contributed by atoms with Crippen LogP contribution in [0.25, 0.3) is 0 Å². The van der Waals surface area contributed by atoms with Crippen molar-refractivity contribution in [2.24, 2.45) is 11.3 Å². The number of nitrogens with one attached hydrogen (secondary N) is 1. The Morgan fingerprint density at radius 3 is 2.75 bits per heavy atom. The molecule has 1 aromatic heterocycles. The van der Waals surface area contributed by atoms with Gasteiger partial charge in [0.25, 0.3) is 0 Å². The first kappa shape index (κ1) is 22.2. The molecule has 2 aliphatic heterocycles. The van der Waals surface area contributed by atoms with E-state index in [9.17, 15) is 10.2 Å². The van der Waals surface area contributed by atoms with Gasteiger partial charge in [-0.1, -0.05) is 17.7 Å². The zero-order valence-corrected chi connectivity index (χ0v) is 21.3. The normalized spacial score (nSPS) is 40.0. The van der Waals surface area contributed by atoms with E-state index in [0.717, 1.165) is 68.8 Å². The quantitative estimate of drug-likeness (QED) is 0.569. The summed E-state index contributed by atoms with van der Waals surface area (Å²) in [6.45, 7) is 2.80. The van der Waals surface area contributed by atoms with Gasteiger partial charge in [-0.2, -0.15) is 0 Å². The predicted molar refractivity (Wildman–Crippen MR) is 136 cm³/mol. The van der Waals surface area contributed by atoms with Crippen molar-refractivity contribution in [1.29, 1.82) is 0 Å². The Balaban J connectivity index is 1.18. The minimum Gasteiger partial charge on any atom is -0.504 e. The number of aromatic hydroxyl groups is 1. The highest BCUT2D eigenvalue weighted by Crippen LogP contribution is 2.71. The molecule has 1 aromatic carbocycles. The number of nitrogens with zero attached hydrogens (tertiary/aromatic N) is 2. The maximum Gasteiger partial charge on any atom is 0.165 e. The third-order valence-electron chi connectivity index (χ3n) is 10.9. The number of halogens is 1. The molecule has 7 heteroatoms. The number of hydrogen-bond acceptors (Lipinski definition) is 6. The number of rotatable bonds is 5. The number of aliphatic hydroxyl groups is 1. The van der Waals surface area contributed by atoms with Gasteiger partial charge in [-0.15, -0.1) is 0 Å². The number of phenolic OH excluding ortho intramolecular Hbond substituents is 1. The topological polar surface area (TPSA) is 77.8 Å². The summed E-state index contributed by atoms with van der Waals surface area (Å²) in [4.78, 5) is 7.08. The third kappa shape index (κ3) is 2.72. The van der Waals surface area contributed by atoms with Gasteiger partial charge in [0.15, 0.2) is 11.5 Å². The molecule has 4 fully saturated rings. The Morgan fingerprint density at radius 1 is 1.11 bits per heavy atom. The summed E-state index contributed by atoms with van der Waals surface area (Å²) in [5, 5.41) is 28.1. The Hall–Kier alpha value is -1.86. The number of ether oxygens (including phenoxy) is 1. The first-order chi connectivity index (χ1) is 17.4. The van der Waals surface area contributed by atoms with Gasteiger partial charge >= 0.3 is 0 Å². The second-order valence-corrected chi connectivity index (χ2v) is 12.9. The first-order valence-electron chi connectivity index (χ1n) is 13.8. The highest BCUT2D eigenvalue weighted by Gasteiger charge is 2.77. The molecule has 2 aromatic rings. The fraction of sp³-hybridized carbons (Fsp3) is 0.621. The highest BCUT2D eigenvalue weighted by atomic mass is 35.5. The molecular formula is C29H34ClN3O3. The molecule has 0 unspecified atom stereocenters. The van der Waals surface area contributed by atoms with Crippen molar-refractivity contribution in [2.75, 3.05) is 13.1 Å². The molecule has 2 spiro atoms. The van der Waals surface area contributed by atoms with Gasteiger partial charge in [-0.05, 0) is 87.6 Å². The van der Waals surface area contributed by atoms with E-state index in [4.69, 9.17) is 16.3 Å². The number of benzene rings is 1. The van der Waals surface area contributed by atoms with E-state index >= 15 is 0 Å². The summed E-state index contributed by atoms with van der Waals surface area (Å²) < 4.78 is 6.86. The van der Waals surface area contributed by atoms with Gasteiger partial charge in [0.1, 0.15) is 6.10 Å². The first-order valence-corrected chi connectivity index (χ1v) is 14.1. The molecular weight excluding hydrogens is 474 g/mol. The van der Waals surface area contributed by atoms with Gasteiger partial charge in [0.2, 0.25) is 0 Å². The maximum absolute atomic E-state index is 12.7. The van der Waals surface area contributed by atoms with E-state index in [1.54, 1.807) is 6.20 Å². The molecule has 0 amide bonds. The van der Waals surface area contributed by atoms with Crippen molar-refractivity contribution in [1.82, 2.24) is 15.2 Å². The molecule has 6 atom stereocenters. The molecule has 190 valence electrons. The monoisotopic (exact) mass is 507 g/mol. The fourth-order valence-electron chi connectivity index (χ4n) is 8.96. The van der Waals surface area contributed by atoms with Gasteiger partial charge in [-0.25, -0.2) is 0 Å². The number of pyridine rings is 1. The maximum atomic E-state index is 12.7. The Kier molecular flexibility index (Phi) is 4.54. The van der Waals surface area contributed by atoms with Crippen LogP contribution in [0.5, 0.6) is 11.5 Å². The average molecular weight is 508 g/mol. The van der Waals surface area contributed by atoms with Crippen molar-refractivity contribution in [3.63, 3.8) is 0 Å². The van der Waals surface area contributed by atoms with Crippen molar-refractivity contribution < 1.29 is 14.9 Å². The zero-order valence-electron chi connectivity index (χ0n) is 20.5. The van der Waals surface area contributed by atoms with Crippen LogP contribution < -0.4 is 10.1 Å². The summed E-state index contributed by atoms with van der Waals surface area (Å²) in [7, 11) is 0.